The molecule has 0 radical (unpaired) electrons. The number of nitrogens with zero attached hydrogens (tertiary/aromatic N) is 2. The van der Waals surface area contributed by atoms with Gasteiger partial charge in [-0.05, 0) is 45.0 Å². The van der Waals surface area contributed by atoms with Crippen molar-refractivity contribution in [3.05, 3.63) is 41.6 Å². The lowest BCUT2D eigenvalue weighted by Crippen LogP contribution is -2.24. The molecule has 0 fully saturated rings. The largest absolute Gasteiger partial charge is 0.468 e. The first kappa shape index (κ1) is 13.9. The second-order valence-electron chi connectivity index (χ2n) is 4.82. The predicted octanol–water partition coefficient (Wildman–Crippen LogP) is 3.09. The van der Waals surface area contributed by atoms with Gasteiger partial charge in [0.15, 0.2) is 0 Å². The summed E-state index contributed by atoms with van der Waals surface area (Å²) in [4.78, 5) is 0. The van der Waals surface area contributed by atoms with E-state index in [0.29, 0.717) is 0 Å². The monoisotopic (exact) mass is 261 g/mol. The summed E-state index contributed by atoms with van der Waals surface area (Å²) >= 11 is 0. The minimum Gasteiger partial charge on any atom is -0.468 e. The zero-order valence-electron chi connectivity index (χ0n) is 12.0. The third-order valence-electron chi connectivity index (χ3n) is 3.23. The Kier molecular flexibility index (Phi) is 4.80. The molecule has 2 heterocycles. The van der Waals surface area contributed by atoms with E-state index in [4.69, 9.17) is 4.42 Å². The van der Waals surface area contributed by atoms with Crippen molar-refractivity contribution in [2.45, 2.75) is 46.2 Å². The van der Waals surface area contributed by atoms with Crippen LogP contribution in [-0.4, -0.2) is 16.3 Å². The average molecular weight is 261 g/mol. The molecule has 2 aromatic heterocycles. The first-order valence-corrected chi connectivity index (χ1v) is 7.04. The molecule has 0 aromatic carbocycles. The van der Waals surface area contributed by atoms with E-state index in [1.807, 2.05) is 19.1 Å². The van der Waals surface area contributed by atoms with Gasteiger partial charge in [0.1, 0.15) is 5.76 Å². The Labute approximate surface area is 114 Å². The molecule has 0 amide bonds. The van der Waals surface area contributed by atoms with Gasteiger partial charge in [0.2, 0.25) is 0 Å². The summed E-state index contributed by atoms with van der Waals surface area (Å²) in [6.45, 7) is 8.23. The van der Waals surface area contributed by atoms with Crippen molar-refractivity contribution in [3.63, 3.8) is 0 Å². The molecule has 1 atom stereocenters. The Balaban J connectivity index is 2.15. The van der Waals surface area contributed by atoms with Gasteiger partial charge in [-0.15, -0.1) is 0 Å². The number of nitrogens with one attached hydrogen (secondary N) is 1. The summed E-state index contributed by atoms with van der Waals surface area (Å²) in [5.74, 6) is 0.995. The van der Waals surface area contributed by atoms with Gasteiger partial charge in [0.25, 0.3) is 0 Å². The lowest BCUT2D eigenvalue weighted by molar-refractivity contribution is 0.403. The van der Waals surface area contributed by atoms with Crippen LogP contribution >= 0.6 is 0 Å². The number of aromatic nitrogens is 2. The number of aryl methyl sites for hydroxylation is 2. The molecule has 1 N–H and O–H groups in total. The molecule has 0 spiro atoms. The van der Waals surface area contributed by atoms with Crippen LogP contribution in [0.3, 0.4) is 0 Å². The molecule has 0 aliphatic carbocycles. The molecule has 4 nitrogen and oxygen atoms in total. The second-order valence-corrected chi connectivity index (χ2v) is 4.82. The van der Waals surface area contributed by atoms with Crippen molar-refractivity contribution < 1.29 is 4.42 Å². The van der Waals surface area contributed by atoms with E-state index in [1.165, 1.54) is 5.69 Å². The van der Waals surface area contributed by atoms with Crippen LogP contribution in [-0.2, 0) is 13.0 Å². The number of hydrogen-bond donors (Lipinski definition) is 1. The summed E-state index contributed by atoms with van der Waals surface area (Å²) in [6.07, 6.45) is 3.75. The van der Waals surface area contributed by atoms with Gasteiger partial charge in [-0.25, -0.2) is 0 Å². The fourth-order valence-corrected chi connectivity index (χ4v) is 2.33. The molecule has 4 heteroatoms. The standard InChI is InChI=1S/C15H23N3O/c1-4-8-16-14(15-7-6-9-19-15)11-13-10-12(3)17-18(13)5-2/h6-7,9-10,14,16H,4-5,8,11H2,1-3H3. The number of hydrogen-bond acceptors (Lipinski definition) is 3. The quantitative estimate of drug-likeness (QED) is 0.833. The van der Waals surface area contributed by atoms with Crippen LogP contribution < -0.4 is 5.32 Å². The maximum absolute atomic E-state index is 5.55. The first-order valence-electron chi connectivity index (χ1n) is 7.04. The van der Waals surface area contributed by atoms with Crippen LogP contribution in [0.15, 0.2) is 28.9 Å². The average Bonchev–Trinajstić information content (AvgIpc) is 3.03. The van der Waals surface area contributed by atoms with Crippen molar-refractivity contribution >= 4 is 0 Å². The minimum absolute atomic E-state index is 0.219. The van der Waals surface area contributed by atoms with Crippen molar-refractivity contribution in [1.29, 1.82) is 0 Å². The zero-order chi connectivity index (χ0) is 13.7. The van der Waals surface area contributed by atoms with Crippen LogP contribution in [0.1, 0.15) is 43.5 Å². The third kappa shape index (κ3) is 3.47. The van der Waals surface area contributed by atoms with E-state index >= 15 is 0 Å². The highest BCUT2D eigenvalue weighted by atomic mass is 16.3. The smallest absolute Gasteiger partial charge is 0.121 e. The Morgan fingerprint density at radius 1 is 1.42 bits per heavy atom. The topological polar surface area (TPSA) is 43.0 Å². The van der Waals surface area contributed by atoms with E-state index < -0.39 is 0 Å². The normalized spacial score (nSPS) is 12.8. The SMILES string of the molecule is CCCNC(Cc1cc(C)nn1CC)c1ccco1. The third-order valence-corrected chi connectivity index (χ3v) is 3.23. The Morgan fingerprint density at radius 3 is 2.89 bits per heavy atom. The molecule has 0 aliphatic rings. The molecular weight excluding hydrogens is 238 g/mol. The van der Waals surface area contributed by atoms with Gasteiger partial charge < -0.3 is 9.73 Å². The van der Waals surface area contributed by atoms with Crippen molar-refractivity contribution in [1.82, 2.24) is 15.1 Å². The summed E-state index contributed by atoms with van der Waals surface area (Å²) in [7, 11) is 0. The predicted molar refractivity (Wildman–Crippen MR) is 76.1 cm³/mol. The van der Waals surface area contributed by atoms with Crippen LogP contribution in [0.25, 0.3) is 0 Å². The Morgan fingerprint density at radius 2 is 2.26 bits per heavy atom. The van der Waals surface area contributed by atoms with E-state index in [0.717, 1.165) is 37.4 Å². The van der Waals surface area contributed by atoms with Crippen LogP contribution in [0.4, 0.5) is 0 Å². The summed E-state index contributed by atoms with van der Waals surface area (Å²) in [6, 6.07) is 6.36. The Hall–Kier alpha value is -1.55. The Bertz CT molecular complexity index is 487. The number of rotatable bonds is 7. The van der Waals surface area contributed by atoms with Crippen molar-refractivity contribution in [2.24, 2.45) is 0 Å². The summed E-state index contributed by atoms with van der Waals surface area (Å²) in [5.41, 5.74) is 2.33. The molecule has 19 heavy (non-hydrogen) atoms. The lowest BCUT2D eigenvalue weighted by Gasteiger charge is -2.16. The van der Waals surface area contributed by atoms with Gasteiger partial charge in [-0.3, -0.25) is 4.68 Å². The van der Waals surface area contributed by atoms with Crippen molar-refractivity contribution in [3.8, 4) is 0 Å². The molecule has 2 aromatic rings. The molecule has 0 bridgehead atoms. The molecule has 0 saturated carbocycles. The van der Waals surface area contributed by atoms with Gasteiger partial charge in [-0.1, -0.05) is 6.92 Å². The molecule has 104 valence electrons. The highest BCUT2D eigenvalue weighted by molar-refractivity contribution is 5.14. The summed E-state index contributed by atoms with van der Waals surface area (Å²) in [5, 5.41) is 8.05. The molecule has 0 saturated heterocycles. The van der Waals surface area contributed by atoms with Crippen LogP contribution in [0.5, 0.6) is 0 Å². The molecular formula is C15H23N3O. The first-order chi connectivity index (χ1) is 9.24. The van der Waals surface area contributed by atoms with Gasteiger partial charge >= 0.3 is 0 Å². The molecule has 2 rings (SSSR count). The van der Waals surface area contributed by atoms with E-state index in [1.54, 1.807) is 6.26 Å². The maximum atomic E-state index is 5.55. The fraction of sp³-hybridized carbons (Fsp3) is 0.533. The van der Waals surface area contributed by atoms with Crippen LogP contribution in [0.2, 0.25) is 0 Å². The van der Waals surface area contributed by atoms with Gasteiger partial charge in [-0.2, -0.15) is 5.10 Å². The van der Waals surface area contributed by atoms with Gasteiger partial charge in [0.05, 0.1) is 18.0 Å². The molecule has 0 aliphatic heterocycles. The van der Waals surface area contributed by atoms with E-state index in [-0.39, 0.29) is 6.04 Å². The van der Waals surface area contributed by atoms with Crippen molar-refractivity contribution in [2.75, 3.05) is 6.54 Å². The fourth-order valence-electron chi connectivity index (χ4n) is 2.33. The van der Waals surface area contributed by atoms with E-state index in [2.05, 4.69) is 35.0 Å². The minimum atomic E-state index is 0.219. The zero-order valence-corrected chi connectivity index (χ0v) is 12.0. The summed E-state index contributed by atoms with van der Waals surface area (Å²) < 4.78 is 7.62. The van der Waals surface area contributed by atoms with E-state index in [9.17, 15) is 0 Å². The van der Waals surface area contributed by atoms with Gasteiger partial charge in [0, 0.05) is 18.7 Å². The highest BCUT2D eigenvalue weighted by Crippen LogP contribution is 2.19. The number of furan rings is 1. The lowest BCUT2D eigenvalue weighted by atomic mass is 10.1. The van der Waals surface area contributed by atoms with Crippen LogP contribution in [0, 0.1) is 6.92 Å². The maximum Gasteiger partial charge on any atom is 0.121 e. The highest BCUT2D eigenvalue weighted by Gasteiger charge is 2.17. The second kappa shape index (κ2) is 6.57. The molecule has 1 unspecified atom stereocenters.